The van der Waals surface area contributed by atoms with E-state index in [4.69, 9.17) is 19.3 Å². The van der Waals surface area contributed by atoms with Crippen molar-refractivity contribution >= 4 is 0 Å². The number of aliphatic hydroxyl groups excluding tert-OH is 2. The Morgan fingerprint density at radius 1 is 1.22 bits per heavy atom. The number of hydrogen-bond donors (Lipinski definition) is 2. The van der Waals surface area contributed by atoms with Crippen molar-refractivity contribution in [1.29, 1.82) is 0 Å². The van der Waals surface area contributed by atoms with Crippen molar-refractivity contribution in [3.05, 3.63) is 42.1 Å². The van der Waals surface area contributed by atoms with Gasteiger partial charge in [0.2, 0.25) is 0 Å². The standard InChI is InChI=1S/C19H25N3O5/c1-2-25-17-7-9-20-21-19(17)27-16-8-10-22(11-16)18(24)13-26-15-5-3-14(12-23)4-6-15/h3-7,9,16,18,23-24H,2,8,10-13H2,1H3. The second-order valence-corrected chi connectivity index (χ2v) is 6.25. The van der Waals surface area contributed by atoms with Gasteiger partial charge in [-0.3, -0.25) is 4.90 Å². The Bertz CT molecular complexity index is 713. The van der Waals surface area contributed by atoms with E-state index in [9.17, 15) is 5.11 Å². The van der Waals surface area contributed by atoms with Gasteiger partial charge in [-0.2, -0.15) is 5.10 Å². The van der Waals surface area contributed by atoms with E-state index < -0.39 is 6.23 Å². The maximum absolute atomic E-state index is 10.4. The first-order valence-corrected chi connectivity index (χ1v) is 9.05. The van der Waals surface area contributed by atoms with E-state index in [2.05, 4.69) is 10.2 Å². The molecule has 0 saturated carbocycles. The van der Waals surface area contributed by atoms with E-state index in [1.807, 2.05) is 11.8 Å². The number of nitrogens with zero attached hydrogens (tertiary/aromatic N) is 3. The van der Waals surface area contributed by atoms with Gasteiger partial charge in [0.25, 0.3) is 5.88 Å². The topological polar surface area (TPSA) is 97.2 Å². The Morgan fingerprint density at radius 3 is 2.78 bits per heavy atom. The Kier molecular flexibility index (Phi) is 6.80. The summed E-state index contributed by atoms with van der Waals surface area (Å²) in [5.41, 5.74) is 0.817. The van der Waals surface area contributed by atoms with Gasteiger partial charge in [0.15, 0.2) is 5.75 Å². The van der Waals surface area contributed by atoms with Gasteiger partial charge in [-0.25, -0.2) is 0 Å². The molecule has 0 spiro atoms. The lowest BCUT2D eigenvalue weighted by Gasteiger charge is -2.23. The lowest BCUT2D eigenvalue weighted by atomic mass is 10.2. The zero-order chi connectivity index (χ0) is 19.1. The van der Waals surface area contributed by atoms with Crippen LogP contribution in [0, 0.1) is 0 Å². The molecular weight excluding hydrogens is 350 g/mol. The van der Waals surface area contributed by atoms with E-state index in [0.717, 1.165) is 12.0 Å². The van der Waals surface area contributed by atoms with Gasteiger partial charge in [0.1, 0.15) is 24.7 Å². The molecule has 1 saturated heterocycles. The second-order valence-electron chi connectivity index (χ2n) is 6.25. The van der Waals surface area contributed by atoms with E-state index in [1.165, 1.54) is 0 Å². The lowest BCUT2D eigenvalue weighted by Crippen LogP contribution is -2.38. The molecule has 8 nitrogen and oxygen atoms in total. The molecule has 0 amide bonds. The highest BCUT2D eigenvalue weighted by atomic mass is 16.5. The minimum absolute atomic E-state index is 0.00509. The predicted molar refractivity (Wildman–Crippen MR) is 97.7 cm³/mol. The average molecular weight is 375 g/mol. The van der Waals surface area contributed by atoms with Crippen molar-refractivity contribution in [2.45, 2.75) is 32.3 Å². The van der Waals surface area contributed by atoms with Crippen LogP contribution in [0.2, 0.25) is 0 Å². The van der Waals surface area contributed by atoms with Gasteiger partial charge in [-0.05, 0) is 31.0 Å². The molecular formula is C19H25N3O5. The number of aromatic nitrogens is 2. The normalized spacial score (nSPS) is 18.3. The smallest absolute Gasteiger partial charge is 0.276 e. The van der Waals surface area contributed by atoms with E-state index >= 15 is 0 Å². The van der Waals surface area contributed by atoms with Crippen molar-refractivity contribution in [2.24, 2.45) is 0 Å². The maximum Gasteiger partial charge on any atom is 0.276 e. The molecule has 2 N–H and O–H groups in total. The van der Waals surface area contributed by atoms with Gasteiger partial charge in [-0.1, -0.05) is 12.1 Å². The van der Waals surface area contributed by atoms with Crippen LogP contribution < -0.4 is 14.2 Å². The highest BCUT2D eigenvalue weighted by Crippen LogP contribution is 2.26. The van der Waals surface area contributed by atoms with Gasteiger partial charge in [0, 0.05) is 19.2 Å². The molecule has 27 heavy (non-hydrogen) atoms. The van der Waals surface area contributed by atoms with Gasteiger partial charge < -0.3 is 24.4 Å². The van der Waals surface area contributed by atoms with Gasteiger partial charge >= 0.3 is 0 Å². The van der Waals surface area contributed by atoms with Crippen LogP contribution >= 0.6 is 0 Å². The minimum Gasteiger partial charge on any atom is -0.489 e. The number of aliphatic hydroxyl groups is 2. The largest absolute Gasteiger partial charge is 0.489 e. The number of likely N-dealkylation sites (tertiary alicyclic amines) is 1. The summed E-state index contributed by atoms with van der Waals surface area (Å²) < 4.78 is 17.0. The fraction of sp³-hybridized carbons (Fsp3) is 0.474. The molecule has 0 bridgehead atoms. The second kappa shape index (κ2) is 9.50. The van der Waals surface area contributed by atoms with Crippen LogP contribution in [0.3, 0.4) is 0 Å². The third-order valence-electron chi connectivity index (χ3n) is 4.33. The molecule has 1 aliphatic rings. The van der Waals surface area contributed by atoms with Crippen LogP contribution in [-0.4, -0.2) is 63.9 Å². The quantitative estimate of drug-likeness (QED) is 0.675. The molecule has 2 unspecified atom stereocenters. The van der Waals surface area contributed by atoms with Crippen molar-refractivity contribution in [1.82, 2.24) is 15.1 Å². The van der Waals surface area contributed by atoms with Crippen LogP contribution in [0.1, 0.15) is 18.9 Å². The molecule has 2 heterocycles. The summed E-state index contributed by atoms with van der Waals surface area (Å²) in [6.45, 7) is 3.83. The summed E-state index contributed by atoms with van der Waals surface area (Å²) >= 11 is 0. The van der Waals surface area contributed by atoms with Gasteiger partial charge in [0.05, 0.1) is 19.4 Å². The Labute approximate surface area is 158 Å². The highest BCUT2D eigenvalue weighted by Gasteiger charge is 2.29. The Hall–Kier alpha value is -2.42. The van der Waals surface area contributed by atoms with Crippen LogP contribution in [-0.2, 0) is 6.61 Å². The molecule has 3 rings (SSSR count). The van der Waals surface area contributed by atoms with E-state index in [0.29, 0.717) is 37.1 Å². The van der Waals surface area contributed by atoms with Crippen molar-refractivity contribution in [3.63, 3.8) is 0 Å². The zero-order valence-electron chi connectivity index (χ0n) is 15.3. The molecule has 1 aromatic carbocycles. The number of rotatable bonds is 9. The van der Waals surface area contributed by atoms with Crippen LogP contribution in [0.5, 0.6) is 17.4 Å². The average Bonchev–Trinajstić information content (AvgIpc) is 3.17. The van der Waals surface area contributed by atoms with Crippen LogP contribution in [0.4, 0.5) is 0 Å². The van der Waals surface area contributed by atoms with E-state index in [-0.39, 0.29) is 19.3 Å². The molecule has 146 valence electrons. The number of hydrogen-bond acceptors (Lipinski definition) is 8. The first kappa shape index (κ1) is 19.3. The summed E-state index contributed by atoms with van der Waals surface area (Å²) in [7, 11) is 0. The lowest BCUT2D eigenvalue weighted by molar-refractivity contribution is -0.0192. The highest BCUT2D eigenvalue weighted by molar-refractivity contribution is 5.31. The predicted octanol–water partition coefficient (Wildman–Crippen LogP) is 1.22. The maximum atomic E-state index is 10.4. The van der Waals surface area contributed by atoms with Crippen LogP contribution in [0.25, 0.3) is 0 Å². The molecule has 2 atom stereocenters. The summed E-state index contributed by atoms with van der Waals surface area (Å²) in [5.74, 6) is 1.60. The molecule has 0 radical (unpaired) electrons. The minimum atomic E-state index is -0.732. The van der Waals surface area contributed by atoms with Crippen LogP contribution in [0.15, 0.2) is 36.5 Å². The van der Waals surface area contributed by atoms with E-state index in [1.54, 1.807) is 36.5 Å². The third kappa shape index (κ3) is 5.29. The molecule has 1 aromatic heterocycles. The van der Waals surface area contributed by atoms with Crippen molar-refractivity contribution in [3.8, 4) is 17.4 Å². The summed E-state index contributed by atoms with van der Waals surface area (Å²) in [5, 5.41) is 27.3. The molecule has 8 heteroatoms. The summed E-state index contributed by atoms with van der Waals surface area (Å²) in [6.07, 6.45) is 1.50. The fourth-order valence-electron chi connectivity index (χ4n) is 2.90. The monoisotopic (exact) mass is 375 g/mol. The van der Waals surface area contributed by atoms with Gasteiger partial charge in [-0.15, -0.1) is 5.10 Å². The fourth-order valence-corrected chi connectivity index (χ4v) is 2.90. The first-order chi connectivity index (χ1) is 13.2. The number of ether oxygens (including phenoxy) is 3. The molecule has 2 aromatic rings. The van der Waals surface area contributed by atoms with Crippen molar-refractivity contribution in [2.75, 3.05) is 26.3 Å². The summed E-state index contributed by atoms with van der Waals surface area (Å²) in [4.78, 5) is 1.91. The molecule has 1 fully saturated rings. The molecule has 0 aliphatic carbocycles. The Morgan fingerprint density at radius 2 is 2.04 bits per heavy atom. The van der Waals surface area contributed by atoms with Crippen molar-refractivity contribution < 1.29 is 24.4 Å². The Balaban J connectivity index is 1.48. The SMILES string of the molecule is CCOc1ccnnc1OC1CCN(C(O)COc2ccc(CO)cc2)C1. The summed E-state index contributed by atoms with van der Waals surface area (Å²) in [6, 6.07) is 8.86. The third-order valence-corrected chi connectivity index (χ3v) is 4.33. The first-order valence-electron chi connectivity index (χ1n) is 9.05. The zero-order valence-corrected chi connectivity index (χ0v) is 15.3. The molecule has 1 aliphatic heterocycles. The number of benzene rings is 1.